The Hall–Kier alpha value is -3.26. The molecule has 0 radical (unpaired) electrons. The average molecular weight is 343 g/mol. The minimum Gasteiger partial charge on any atom is -0.353 e. The van der Waals surface area contributed by atoms with Crippen LogP contribution in [0.3, 0.4) is 0 Å². The first-order valence-corrected chi connectivity index (χ1v) is 7.32. The Balaban J connectivity index is 2.28. The predicted octanol–water partition coefficient (Wildman–Crippen LogP) is 3.70. The van der Waals surface area contributed by atoms with Crippen molar-refractivity contribution in [3.63, 3.8) is 0 Å². The van der Waals surface area contributed by atoms with Crippen molar-refractivity contribution in [3.8, 4) is 12.1 Å². The van der Waals surface area contributed by atoms with Crippen LogP contribution in [-0.4, -0.2) is 16.4 Å². The molecule has 2 N–H and O–H groups in total. The number of H-pyrrole nitrogens is 1. The molecule has 0 aliphatic carbocycles. The zero-order chi connectivity index (χ0) is 18.4. The molecular formula is C17H12F3N5. The number of aromatic amines is 1. The van der Waals surface area contributed by atoms with Gasteiger partial charge < -0.3 is 5.32 Å². The molecule has 1 aromatic carbocycles. The third-order valence-corrected chi connectivity index (χ3v) is 4.20. The van der Waals surface area contributed by atoms with E-state index in [0.29, 0.717) is 11.3 Å². The Morgan fingerprint density at radius 2 is 1.80 bits per heavy atom. The summed E-state index contributed by atoms with van der Waals surface area (Å²) in [6.45, 7) is 3.16. The van der Waals surface area contributed by atoms with Gasteiger partial charge in [0.05, 0.1) is 40.4 Å². The van der Waals surface area contributed by atoms with Crippen LogP contribution in [-0.2, 0) is 0 Å². The zero-order valence-electron chi connectivity index (χ0n) is 13.3. The van der Waals surface area contributed by atoms with E-state index in [1.165, 1.54) is 6.92 Å². The number of rotatable bonds is 1. The van der Waals surface area contributed by atoms with Gasteiger partial charge in [0.15, 0.2) is 0 Å². The van der Waals surface area contributed by atoms with Gasteiger partial charge >= 0.3 is 6.18 Å². The number of alkyl halides is 3. The molecule has 1 aliphatic heterocycles. The van der Waals surface area contributed by atoms with Crippen molar-refractivity contribution < 1.29 is 13.2 Å². The van der Waals surface area contributed by atoms with Gasteiger partial charge in [0, 0.05) is 11.1 Å². The van der Waals surface area contributed by atoms with E-state index < -0.39 is 23.4 Å². The lowest BCUT2D eigenvalue weighted by Gasteiger charge is -2.28. The minimum absolute atomic E-state index is 0.0860. The number of benzene rings is 1. The van der Waals surface area contributed by atoms with Gasteiger partial charge in [-0.3, -0.25) is 5.10 Å². The summed E-state index contributed by atoms with van der Waals surface area (Å²) in [7, 11) is 0. The van der Waals surface area contributed by atoms with Crippen LogP contribution in [0.15, 0.2) is 40.7 Å². The van der Waals surface area contributed by atoms with Crippen LogP contribution in [0.1, 0.15) is 24.1 Å². The van der Waals surface area contributed by atoms with E-state index in [9.17, 15) is 23.7 Å². The van der Waals surface area contributed by atoms with E-state index in [2.05, 4.69) is 15.5 Å². The summed E-state index contributed by atoms with van der Waals surface area (Å²) >= 11 is 0. The topological polar surface area (TPSA) is 88.3 Å². The maximum absolute atomic E-state index is 13.3. The summed E-state index contributed by atoms with van der Waals surface area (Å²) in [6, 6.07) is 8.52. The molecule has 0 fully saturated rings. The van der Waals surface area contributed by atoms with E-state index in [-0.39, 0.29) is 11.3 Å². The number of dihydropyridines is 1. The van der Waals surface area contributed by atoms with Crippen molar-refractivity contribution in [2.24, 2.45) is 0 Å². The van der Waals surface area contributed by atoms with Crippen LogP contribution in [0.25, 0.3) is 10.9 Å². The van der Waals surface area contributed by atoms with Gasteiger partial charge in [0.25, 0.3) is 0 Å². The Morgan fingerprint density at radius 3 is 2.40 bits per heavy atom. The van der Waals surface area contributed by atoms with Gasteiger partial charge in [-0.1, -0.05) is 6.07 Å². The molecule has 0 unspecified atom stereocenters. The standard InChI is InChI=1S/C17H12F3N5/c1-8-12(6-21)15(13(7-22)16(23-8)17(18,19)20)10-3-4-14-11(5-10)9(2)24-25-14/h3-5,15,23H,1-2H3,(H,24,25)/t15-/m1/s1. The summed E-state index contributed by atoms with van der Waals surface area (Å²) in [5.41, 5.74) is 0.382. The fraction of sp³-hybridized carbons (Fsp3) is 0.235. The molecule has 1 aliphatic rings. The van der Waals surface area contributed by atoms with E-state index in [1.807, 2.05) is 6.07 Å². The fourth-order valence-electron chi connectivity index (χ4n) is 3.00. The number of aromatic nitrogens is 2. The summed E-state index contributed by atoms with van der Waals surface area (Å²) in [4.78, 5) is 0. The smallest absolute Gasteiger partial charge is 0.353 e. The van der Waals surface area contributed by atoms with Gasteiger partial charge in [0.1, 0.15) is 5.70 Å². The van der Waals surface area contributed by atoms with Crippen molar-refractivity contribution in [3.05, 3.63) is 52.0 Å². The van der Waals surface area contributed by atoms with Crippen LogP contribution in [0.2, 0.25) is 0 Å². The highest BCUT2D eigenvalue weighted by atomic mass is 19.4. The van der Waals surface area contributed by atoms with E-state index in [4.69, 9.17) is 0 Å². The van der Waals surface area contributed by atoms with Crippen molar-refractivity contribution in [2.45, 2.75) is 25.9 Å². The fourth-order valence-corrected chi connectivity index (χ4v) is 3.00. The Bertz CT molecular complexity index is 1010. The maximum Gasteiger partial charge on any atom is 0.432 e. The van der Waals surface area contributed by atoms with Gasteiger partial charge in [-0.25, -0.2) is 0 Å². The molecule has 0 bridgehead atoms. The normalized spacial score (nSPS) is 18.1. The number of halogens is 3. The highest BCUT2D eigenvalue weighted by Gasteiger charge is 2.43. The molecule has 126 valence electrons. The molecule has 0 saturated heterocycles. The van der Waals surface area contributed by atoms with Gasteiger partial charge in [-0.15, -0.1) is 0 Å². The largest absolute Gasteiger partial charge is 0.432 e. The SMILES string of the molecule is CC1=C(C#N)[C@@H](c2ccc3[nH]nc(C)c3c2)C(C#N)=C(C(F)(F)F)N1. The lowest BCUT2D eigenvalue weighted by atomic mass is 9.81. The molecule has 2 heterocycles. The number of nitrogens with zero attached hydrogens (tertiary/aromatic N) is 3. The second kappa shape index (κ2) is 5.67. The number of nitrogens with one attached hydrogen (secondary N) is 2. The average Bonchev–Trinajstić information content (AvgIpc) is 2.93. The van der Waals surface area contributed by atoms with Gasteiger partial charge in [-0.2, -0.15) is 28.8 Å². The molecule has 1 aromatic heterocycles. The van der Waals surface area contributed by atoms with Crippen molar-refractivity contribution in [1.82, 2.24) is 15.5 Å². The number of hydrogen-bond donors (Lipinski definition) is 2. The first kappa shape index (κ1) is 16.6. The monoisotopic (exact) mass is 343 g/mol. The van der Waals surface area contributed by atoms with Crippen LogP contribution in [0.5, 0.6) is 0 Å². The molecule has 25 heavy (non-hydrogen) atoms. The second-order valence-electron chi connectivity index (χ2n) is 5.72. The number of aryl methyl sites for hydroxylation is 1. The van der Waals surface area contributed by atoms with Crippen LogP contribution >= 0.6 is 0 Å². The first-order chi connectivity index (χ1) is 11.8. The molecule has 3 rings (SSSR count). The zero-order valence-corrected chi connectivity index (χ0v) is 13.3. The molecule has 2 aromatic rings. The maximum atomic E-state index is 13.3. The van der Waals surface area contributed by atoms with E-state index >= 15 is 0 Å². The second-order valence-corrected chi connectivity index (χ2v) is 5.72. The van der Waals surface area contributed by atoms with Crippen molar-refractivity contribution in [1.29, 1.82) is 10.5 Å². The van der Waals surface area contributed by atoms with Crippen LogP contribution < -0.4 is 5.32 Å². The van der Waals surface area contributed by atoms with Crippen molar-refractivity contribution >= 4 is 10.9 Å². The minimum atomic E-state index is -4.72. The van der Waals surface area contributed by atoms with Crippen molar-refractivity contribution in [2.75, 3.05) is 0 Å². The number of hydrogen-bond acceptors (Lipinski definition) is 4. The summed E-state index contributed by atoms with van der Waals surface area (Å²) in [6.07, 6.45) is -4.72. The summed E-state index contributed by atoms with van der Waals surface area (Å²) in [5.74, 6) is -1.08. The van der Waals surface area contributed by atoms with E-state index in [1.54, 1.807) is 31.2 Å². The third-order valence-electron chi connectivity index (χ3n) is 4.20. The molecule has 0 saturated carbocycles. The number of nitriles is 2. The Morgan fingerprint density at radius 1 is 1.12 bits per heavy atom. The highest BCUT2D eigenvalue weighted by Crippen LogP contribution is 2.42. The molecule has 0 amide bonds. The molecule has 1 atom stereocenters. The van der Waals surface area contributed by atoms with Crippen LogP contribution in [0, 0.1) is 29.6 Å². The lowest BCUT2D eigenvalue weighted by molar-refractivity contribution is -0.0969. The Labute approximate surface area is 141 Å². The van der Waals surface area contributed by atoms with E-state index in [0.717, 1.165) is 10.9 Å². The third kappa shape index (κ3) is 2.62. The summed E-state index contributed by atoms with van der Waals surface area (Å²) < 4.78 is 40.0. The first-order valence-electron chi connectivity index (χ1n) is 7.32. The number of fused-ring (bicyclic) bond motifs is 1. The quantitative estimate of drug-likeness (QED) is 0.826. The predicted molar refractivity (Wildman–Crippen MR) is 83.7 cm³/mol. The molecule has 0 spiro atoms. The molecular weight excluding hydrogens is 331 g/mol. The Kier molecular flexibility index (Phi) is 3.77. The van der Waals surface area contributed by atoms with Crippen LogP contribution in [0.4, 0.5) is 13.2 Å². The molecule has 5 nitrogen and oxygen atoms in total. The molecule has 8 heteroatoms. The van der Waals surface area contributed by atoms with Gasteiger partial charge in [-0.05, 0) is 31.5 Å². The van der Waals surface area contributed by atoms with Gasteiger partial charge in [0.2, 0.25) is 0 Å². The highest BCUT2D eigenvalue weighted by molar-refractivity contribution is 5.82. The lowest BCUT2D eigenvalue weighted by Crippen LogP contribution is -2.33. The number of allylic oxidation sites excluding steroid dienone is 4. The summed E-state index contributed by atoms with van der Waals surface area (Å²) in [5, 5.41) is 28.6.